The van der Waals surface area contributed by atoms with Crippen molar-refractivity contribution in [3.63, 3.8) is 0 Å². The zero-order chi connectivity index (χ0) is 5.91. The topological polar surface area (TPSA) is 17.1 Å². The summed E-state index contributed by atoms with van der Waals surface area (Å²) in [5.41, 5.74) is 0. The summed E-state index contributed by atoms with van der Waals surface area (Å²) in [5.74, 6) is 0. The van der Waals surface area contributed by atoms with Crippen LogP contribution < -0.4 is 0 Å². The van der Waals surface area contributed by atoms with Gasteiger partial charge in [0.05, 0.1) is 7.14 Å². The summed E-state index contributed by atoms with van der Waals surface area (Å²) in [6, 6.07) is 0. The zero-order valence-electron chi connectivity index (χ0n) is 5.14. The molecule has 0 heterocycles. The molecule has 0 aromatic rings. The van der Waals surface area contributed by atoms with E-state index in [4.69, 9.17) is 0 Å². The van der Waals surface area contributed by atoms with Gasteiger partial charge in [-0.05, 0) is 19.8 Å². The molecular weight excluding hydrogens is 107 g/mol. The largest absolute Gasteiger partial charge is 0.324 e. The Labute approximate surface area is 45.5 Å². The fourth-order valence-electron chi connectivity index (χ4n) is 0.440. The van der Waals surface area contributed by atoms with Gasteiger partial charge in [-0.25, -0.2) is 0 Å². The lowest BCUT2D eigenvalue weighted by Crippen LogP contribution is -1.72. The van der Waals surface area contributed by atoms with Crippen LogP contribution in [-0.2, 0) is 4.57 Å². The fourth-order valence-corrected chi connectivity index (χ4v) is 1.32. The minimum absolute atomic E-state index is 0.921. The first-order valence-corrected chi connectivity index (χ1v) is 5.12. The second kappa shape index (κ2) is 2.52. The standard InChI is InChI=1S/C5H12OP/c1-4-5-7(2,3)6/h5H,4H2,1-3H3. The van der Waals surface area contributed by atoms with Gasteiger partial charge in [0.1, 0.15) is 0 Å². The monoisotopic (exact) mass is 119 g/mol. The van der Waals surface area contributed by atoms with Crippen LogP contribution in [0.4, 0.5) is 0 Å². The second-order valence-corrected chi connectivity index (χ2v) is 5.26. The van der Waals surface area contributed by atoms with Crippen molar-refractivity contribution >= 4 is 7.14 Å². The summed E-state index contributed by atoms with van der Waals surface area (Å²) in [6.07, 6.45) is 2.79. The third-order valence-electron chi connectivity index (χ3n) is 0.622. The van der Waals surface area contributed by atoms with Crippen molar-refractivity contribution in [2.24, 2.45) is 0 Å². The Bertz CT molecular complexity index is 82.1. The first-order chi connectivity index (χ1) is 3.06. The van der Waals surface area contributed by atoms with Crippen LogP contribution in [0, 0.1) is 6.16 Å². The van der Waals surface area contributed by atoms with Crippen LogP contribution in [0.3, 0.4) is 0 Å². The van der Waals surface area contributed by atoms with Crippen molar-refractivity contribution in [2.45, 2.75) is 13.3 Å². The molecule has 0 bridgehead atoms. The van der Waals surface area contributed by atoms with Crippen molar-refractivity contribution in [1.29, 1.82) is 0 Å². The molecule has 43 valence electrons. The van der Waals surface area contributed by atoms with Crippen LogP contribution in [0.5, 0.6) is 0 Å². The molecule has 7 heavy (non-hydrogen) atoms. The highest BCUT2D eigenvalue weighted by molar-refractivity contribution is 7.64. The molecule has 1 nitrogen and oxygen atoms in total. The average molecular weight is 119 g/mol. The third kappa shape index (κ3) is 6.23. The Morgan fingerprint density at radius 1 is 1.57 bits per heavy atom. The smallest absolute Gasteiger partial charge is 0.0855 e. The van der Waals surface area contributed by atoms with E-state index in [2.05, 4.69) is 0 Å². The third-order valence-corrected chi connectivity index (χ3v) is 1.87. The highest BCUT2D eigenvalue weighted by Gasteiger charge is 2.02. The van der Waals surface area contributed by atoms with E-state index in [-0.39, 0.29) is 0 Å². The molecule has 0 aromatic carbocycles. The summed E-state index contributed by atoms with van der Waals surface area (Å²) in [5, 5.41) is 0. The van der Waals surface area contributed by atoms with Gasteiger partial charge in [0.25, 0.3) is 0 Å². The molecule has 0 unspecified atom stereocenters. The molecule has 0 saturated carbocycles. The summed E-state index contributed by atoms with van der Waals surface area (Å²) in [6.45, 7) is 5.55. The molecule has 0 rings (SSSR count). The Morgan fingerprint density at radius 2 is 2.00 bits per heavy atom. The maximum absolute atomic E-state index is 10.8. The van der Waals surface area contributed by atoms with E-state index in [1.807, 2.05) is 13.1 Å². The lowest BCUT2D eigenvalue weighted by Gasteiger charge is -1.99. The van der Waals surface area contributed by atoms with E-state index >= 15 is 0 Å². The fraction of sp³-hybridized carbons (Fsp3) is 0.800. The van der Waals surface area contributed by atoms with Crippen LogP contribution >= 0.6 is 7.14 Å². The molecule has 0 aliphatic carbocycles. The Morgan fingerprint density at radius 3 is 2.00 bits per heavy atom. The zero-order valence-corrected chi connectivity index (χ0v) is 6.03. The van der Waals surface area contributed by atoms with Crippen LogP contribution in [0.15, 0.2) is 0 Å². The summed E-state index contributed by atoms with van der Waals surface area (Å²) in [7, 11) is -1.79. The molecular formula is C5H12OP. The molecule has 2 heteroatoms. The maximum Gasteiger partial charge on any atom is 0.0855 e. The quantitative estimate of drug-likeness (QED) is 0.509. The van der Waals surface area contributed by atoms with Gasteiger partial charge >= 0.3 is 0 Å². The van der Waals surface area contributed by atoms with Gasteiger partial charge in [-0.15, -0.1) is 0 Å². The molecule has 0 aromatic heterocycles. The summed E-state index contributed by atoms with van der Waals surface area (Å²) in [4.78, 5) is 0. The molecule has 0 aliphatic heterocycles. The lowest BCUT2D eigenvalue weighted by molar-refractivity contribution is 0.585. The number of hydrogen-bond acceptors (Lipinski definition) is 1. The summed E-state index contributed by atoms with van der Waals surface area (Å²) >= 11 is 0. The highest BCUT2D eigenvalue weighted by Crippen LogP contribution is 2.40. The molecule has 0 fully saturated rings. The van der Waals surface area contributed by atoms with E-state index in [0.717, 1.165) is 6.42 Å². The SMILES string of the molecule is CC[CH]P(C)(C)=O. The molecule has 0 saturated heterocycles. The molecule has 0 N–H and O–H groups in total. The summed E-state index contributed by atoms with van der Waals surface area (Å²) < 4.78 is 10.8. The predicted octanol–water partition coefficient (Wildman–Crippen LogP) is 2.18. The second-order valence-electron chi connectivity index (χ2n) is 2.02. The van der Waals surface area contributed by atoms with Crippen molar-refractivity contribution < 1.29 is 4.57 Å². The number of hydrogen-bond donors (Lipinski definition) is 0. The molecule has 1 radical (unpaired) electrons. The first kappa shape index (κ1) is 7.23. The van der Waals surface area contributed by atoms with Crippen molar-refractivity contribution in [3.8, 4) is 0 Å². The maximum atomic E-state index is 10.8. The minimum atomic E-state index is -1.79. The highest BCUT2D eigenvalue weighted by atomic mass is 31.2. The van der Waals surface area contributed by atoms with Gasteiger partial charge in [0.15, 0.2) is 0 Å². The van der Waals surface area contributed by atoms with Crippen LogP contribution in [-0.4, -0.2) is 13.3 Å². The number of rotatable bonds is 2. The molecule has 0 aliphatic rings. The Hall–Kier alpha value is 0.230. The van der Waals surface area contributed by atoms with Crippen LogP contribution in [0.2, 0.25) is 0 Å². The van der Waals surface area contributed by atoms with Gasteiger partial charge in [-0.3, -0.25) is 0 Å². The Kier molecular flexibility index (Phi) is 2.60. The van der Waals surface area contributed by atoms with Crippen molar-refractivity contribution in [3.05, 3.63) is 6.16 Å². The van der Waals surface area contributed by atoms with Gasteiger partial charge in [-0.2, -0.15) is 0 Å². The lowest BCUT2D eigenvalue weighted by atomic mass is 10.6. The average Bonchev–Trinajstić information content (AvgIpc) is 1.30. The first-order valence-electron chi connectivity index (χ1n) is 2.45. The van der Waals surface area contributed by atoms with Crippen LogP contribution in [0.25, 0.3) is 0 Å². The van der Waals surface area contributed by atoms with E-state index in [1.165, 1.54) is 0 Å². The van der Waals surface area contributed by atoms with Gasteiger partial charge in [0.2, 0.25) is 0 Å². The Balaban J connectivity index is 3.36. The van der Waals surface area contributed by atoms with E-state index in [1.54, 1.807) is 13.3 Å². The van der Waals surface area contributed by atoms with Crippen molar-refractivity contribution in [2.75, 3.05) is 13.3 Å². The van der Waals surface area contributed by atoms with Gasteiger partial charge in [-0.1, -0.05) is 6.92 Å². The molecule has 0 amide bonds. The van der Waals surface area contributed by atoms with Crippen LogP contribution in [0.1, 0.15) is 13.3 Å². The van der Waals surface area contributed by atoms with E-state index in [0.29, 0.717) is 0 Å². The van der Waals surface area contributed by atoms with E-state index in [9.17, 15) is 4.57 Å². The van der Waals surface area contributed by atoms with Gasteiger partial charge < -0.3 is 4.57 Å². The van der Waals surface area contributed by atoms with E-state index < -0.39 is 7.14 Å². The molecule has 0 atom stereocenters. The predicted molar refractivity (Wildman–Crippen MR) is 34.0 cm³/mol. The van der Waals surface area contributed by atoms with Crippen molar-refractivity contribution in [1.82, 2.24) is 0 Å². The minimum Gasteiger partial charge on any atom is -0.324 e. The molecule has 0 spiro atoms. The van der Waals surface area contributed by atoms with Gasteiger partial charge in [0, 0.05) is 6.16 Å². The normalized spacial score (nSPS) is 11.9.